The van der Waals surface area contributed by atoms with E-state index in [0.717, 1.165) is 28.2 Å². The Morgan fingerprint density at radius 3 is 2.65 bits per heavy atom. The summed E-state index contributed by atoms with van der Waals surface area (Å²) in [5, 5.41) is 5.77. The zero-order valence-electron chi connectivity index (χ0n) is 11.4. The van der Waals surface area contributed by atoms with Crippen molar-refractivity contribution >= 4 is 28.9 Å². The van der Waals surface area contributed by atoms with E-state index in [-0.39, 0.29) is 0 Å². The maximum atomic E-state index is 6.30. The molecule has 0 saturated carbocycles. The summed E-state index contributed by atoms with van der Waals surface area (Å²) in [5.41, 5.74) is 4.44. The summed E-state index contributed by atoms with van der Waals surface area (Å²) in [7, 11) is 0. The van der Waals surface area contributed by atoms with Crippen LogP contribution in [0.1, 0.15) is 31.2 Å². The molecule has 0 aliphatic rings. The average molecular weight is 309 g/mol. The molecule has 2 aromatic heterocycles. The van der Waals surface area contributed by atoms with Gasteiger partial charge in [-0.2, -0.15) is 5.10 Å². The number of rotatable bonds is 2. The average Bonchev–Trinajstić information content (AvgIpc) is 2.88. The molecule has 0 radical (unpaired) electrons. The van der Waals surface area contributed by atoms with E-state index in [0.29, 0.717) is 16.0 Å². The third kappa shape index (κ3) is 2.02. The second-order valence-electron chi connectivity index (χ2n) is 5.12. The molecule has 3 rings (SSSR count). The third-order valence-electron chi connectivity index (χ3n) is 3.35. The van der Waals surface area contributed by atoms with Crippen molar-refractivity contribution in [3.63, 3.8) is 0 Å². The Morgan fingerprint density at radius 2 is 2.00 bits per heavy atom. The van der Waals surface area contributed by atoms with E-state index in [4.69, 9.17) is 27.6 Å². The third-order valence-corrected chi connectivity index (χ3v) is 3.89. The number of aryl methyl sites for hydroxylation is 1. The molecule has 2 heterocycles. The zero-order chi connectivity index (χ0) is 14.4. The molecule has 0 N–H and O–H groups in total. The van der Waals surface area contributed by atoms with Crippen molar-refractivity contribution in [2.24, 2.45) is 0 Å². The highest BCUT2D eigenvalue weighted by molar-refractivity contribution is 6.36. The molecule has 0 fully saturated rings. The van der Waals surface area contributed by atoms with Gasteiger partial charge in [0.2, 0.25) is 5.71 Å². The quantitative estimate of drug-likeness (QED) is 0.640. The Hall–Kier alpha value is -1.45. The van der Waals surface area contributed by atoms with Crippen molar-refractivity contribution in [1.29, 1.82) is 0 Å². The summed E-state index contributed by atoms with van der Waals surface area (Å²) in [4.78, 5) is 0. The molecule has 0 bridgehead atoms. The molecular weight excluding hydrogens is 295 g/mol. The lowest BCUT2D eigenvalue weighted by Crippen LogP contribution is -1.95. The van der Waals surface area contributed by atoms with E-state index in [1.165, 1.54) is 0 Å². The van der Waals surface area contributed by atoms with E-state index in [2.05, 4.69) is 18.9 Å². The van der Waals surface area contributed by atoms with Crippen LogP contribution in [0.4, 0.5) is 0 Å². The van der Waals surface area contributed by atoms with Gasteiger partial charge in [-0.1, -0.05) is 43.1 Å². The fourth-order valence-electron chi connectivity index (χ4n) is 2.34. The van der Waals surface area contributed by atoms with Gasteiger partial charge in [0.1, 0.15) is 6.26 Å². The van der Waals surface area contributed by atoms with E-state index >= 15 is 0 Å². The molecule has 0 amide bonds. The van der Waals surface area contributed by atoms with Gasteiger partial charge in [-0.15, -0.1) is 0 Å². The van der Waals surface area contributed by atoms with Gasteiger partial charge in [0, 0.05) is 10.6 Å². The lowest BCUT2D eigenvalue weighted by Gasteiger charge is -2.02. The zero-order valence-corrected chi connectivity index (χ0v) is 13.0. The number of fused-ring (bicyclic) bond motifs is 1. The Balaban J connectivity index is 2.28. The number of hydrogen-bond acceptors (Lipinski definition) is 2. The van der Waals surface area contributed by atoms with Crippen molar-refractivity contribution in [2.75, 3.05) is 0 Å². The van der Waals surface area contributed by atoms with Gasteiger partial charge in [-0.3, -0.25) is 0 Å². The molecule has 5 heteroatoms. The molecule has 104 valence electrons. The maximum Gasteiger partial charge on any atom is 0.229 e. The SMILES string of the molecule is Cc1nn2c(C(C)C)coc2c1-c1ccc(Cl)cc1Cl. The smallest absolute Gasteiger partial charge is 0.229 e. The van der Waals surface area contributed by atoms with Gasteiger partial charge in [0.15, 0.2) is 0 Å². The molecule has 0 aliphatic carbocycles. The second kappa shape index (κ2) is 4.83. The monoisotopic (exact) mass is 308 g/mol. The van der Waals surface area contributed by atoms with Crippen LogP contribution in [0.15, 0.2) is 28.9 Å². The molecule has 0 atom stereocenters. The standard InChI is InChI=1S/C15H14Cl2N2O/c1-8(2)13-7-20-15-14(9(3)18-19(13)15)11-5-4-10(16)6-12(11)17/h4-8H,1-3H3. The van der Waals surface area contributed by atoms with Gasteiger partial charge in [0.05, 0.1) is 22.0 Å². The van der Waals surface area contributed by atoms with E-state index in [9.17, 15) is 0 Å². The van der Waals surface area contributed by atoms with Crippen molar-refractivity contribution < 1.29 is 4.42 Å². The summed E-state index contributed by atoms with van der Waals surface area (Å²) >= 11 is 12.3. The Labute approximate surface area is 127 Å². The van der Waals surface area contributed by atoms with Crippen LogP contribution in [0, 0.1) is 6.92 Å². The lowest BCUT2D eigenvalue weighted by molar-refractivity contribution is 0.604. The summed E-state index contributed by atoms with van der Waals surface area (Å²) in [6.45, 7) is 6.17. The van der Waals surface area contributed by atoms with Gasteiger partial charge < -0.3 is 4.42 Å². The van der Waals surface area contributed by atoms with E-state index in [1.54, 1.807) is 12.3 Å². The van der Waals surface area contributed by atoms with Crippen LogP contribution in [0.3, 0.4) is 0 Å². The Kier molecular flexibility index (Phi) is 3.27. The van der Waals surface area contributed by atoms with Gasteiger partial charge >= 0.3 is 0 Å². The van der Waals surface area contributed by atoms with Crippen molar-refractivity contribution in [2.45, 2.75) is 26.7 Å². The number of halogens is 2. The second-order valence-corrected chi connectivity index (χ2v) is 5.96. The molecule has 0 spiro atoms. The Morgan fingerprint density at radius 1 is 1.25 bits per heavy atom. The summed E-state index contributed by atoms with van der Waals surface area (Å²) in [5.74, 6) is 0.337. The fraction of sp³-hybridized carbons (Fsp3) is 0.267. The molecule has 3 aromatic rings. The normalized spacial score (nSPS) is 11.7. The first kappa shape index (κ1) is 13.5. The summed E-state index contributed by atoms with van der Waals surface area (Å²) < 4.78 is 7.56. The predicted octanol–water partition coefficient (Wildman–Crippen LogP) is 5.33. The van der Waals surface area contributed by atoms with Crippen LogP contribution >= 0.6 is 23.2 Å². The van der Waals surface area contributed by atoms with Crippen LogP contribution in [-0.4, -0.2) is 9.61 Å². The van der Waals surface area contributed by atoms with E-state index < -0.39 is 0 Å². The largest absolute Gasteiger partial charge is 0.444 e. The number of nitrogens with zero attached hydrogens (tertiary/aromatic N) is 2. The van der Waals surface area contributed by atoms with E-state index in [1.807, 2.05) is 23.6 Å². The summed E-state index contributed by atoms with van der Waals surface area (Å²) in [6.07, 6.45) is 1.75. The summed E-state index contributed by atoms with van der Waals surface area (Å²) in [6, 6.07) is 5.44. The van der Waals surface area contributed by atoms with Crippen molar-refractivity contribution in [1.82, 2.24) is 9.61 Å². The number of benzene rings is 1. The van der Waals surface area contributed by atoms with Crippen molar-refractivity contribution in [3.8, 4) is 11.1 Å². The molecule has 20 heavy (non-hydrogen) atoms. The van der Waals surface area contributed by atoms with Gasteiger partial charge in [-0.25, -0.2) is 4.52 Å². The van der Waals surface area contributed by atoms with Gasteiger partial charge in [0.25, 0.3) is 0 Å². The number of oxazole rings is 1. The highest BCUT2D eigenvalue weighted by atomic mass is 35.5. The Bertz CT molecular complexity index is 787. The number of aromatic nitrogens is 2. The topological polar surface area (TPSA) is 30.4 Å². The molecule has 3 nitrogen and oxygen atoms in total. The van der Waals surface area contributed by atoms with Crippen LogP contribution in [0.2, 0.25) is 10.0 Å². The first-order valence-electron chi connectivity index (χ1n) is 6.41. The fourth-order valence-corrected chi connectivity index (χ4v) is 2.84. The minimum absolute atomic E-state index is 0.337. The molecule has 1 aromatic carbocycles. The molecule has 0 aliphatic heterocycles. The van der Waals surface area contributed by atoms with Crippen LogP contribution < -0.4 is 0 Å². The first-order valence-corrected chi connectivity index (χ1v) is 7.16. The van der Waals surface area contributed by atoms with Gasteiger partial charge in [-0.05, 0) is 25.0 Å². The highest BCUT2D eigenvalue weighted by Gasteiger charge is 2.20. The van der Waals surface area contributed by atoms with Crippen LogP contribution in [-0.2, 0) is 0 Å². The maximum absolute atomic E-state index is 6.30. The van der Waals surface area contributed by atoms with Crippen LogP contribution in [0.5, 0.6) is 0 Å². The first-order chi connectivity index (χ1) is 9.49. The highest BCUT2D eigenvalue weighted by Crippen LogP contribution is 2.36. The van der Waals surface area contributed by atoms with Crippen LogP contribution in [0.25, 0.3) is 16.8 Å². The molecular formula is C15H14Cl2N2O. The molecule has 0 saturated heterocycles. The lowest BCUT2D eigenvalue weighted by atomic mass is 10.1. The van der Waals surface area contributed by atoms with Crippen molar-refractivity contribution in [3.05, 3.63) is 45.9 Å². The number of hydrogen-bond donors (Lipinski definition) is 0. The minimum atomic E-state index is 0.337. The molecule has 0 unspecified atom stereocenters. The predicted molar refractivity (Wildman–Crippen MR) is 81.7 cm³/mol. The minimum Gasteiger partial charge on any atom is -0.444 e.